The van der Waals surface area contributed by atoms with Gasteiger partial charge < -0.3 is 24.6 Å². The first-order valence-electron chi connectivity index (χ1n) is 12.0. The minimum Gasteiger partial charge on any atom is -0.507 e. The second-order valence-electron chi connectivity index (χ2n) is 9.36. The molecule has 184 valence electrons. The first-order chi connectivity index (χ1) is 17.3. The SMILES string of the molecule is Cc1ccc(O)c(-c2ccc(C)n3cc(C(=O)Nc4ccc(C(=O)N5CCN(C)CC5)cc4)nc23)c1. The summed E-state index contributed by atoms with van der Waals surface area (Å²) in [5.74, 6) is -0.189. The Morgan fingerprint density at radius 1 is 0.917 bits per heavy atom. The fourth-order valence-electron chi connectivity index (χ4n) is 4.47. The number of phenols is 1. The third-order valence-corrected chi connectivity index (χ3v) is 6.67. The molecule has 1 saturated heterocycles. The molecule has 0 radical (unpaired) electrons. The Labute approximate surface area is 209 Å². The van der Waals surface area contributed by atoms with Crippen LogP contribution in [0.1, 0.15) is 32.1 Å². The fourth-order valence-corrected chi connectivity index (χ4v) is 4.47. The third-order valence-electron chi connectivity index (χ3n) is 6.67. The van der Waals surface area contributed by atoms with Gasteiger partial charge in [-0.05, 0) is 69.4 Å². The summed E-state index contributed by atoms with van der Waals surface area (Å²) in [6, 6.07) is 16.2. The highest BCUT2D eigenvalue weighted by atomic mass is 16.3. The van der Waals surface area contributed by atoms with E-state index in [-0.39, 0.29) is 23.3 Å². The van der Waals surface area contributed by atoms with Crippen LogP contribution in [-0.4, -0.2) is 69.3 Å². The van der Waals surface area contributed by atoms with E-state index in [4.69, 9.17) is 0 Å². The van der Waals surface area contributed by atoms with Crippen LogP contribution in [0.15, 0.2) is 60.8 Å². The molecule has 3 heterocycles. The number of nitrogens with zero attached hydrogens (tertiary/aromatic N) is 4. The minimum atomic E-state index is -0.351. The maximum Gasteiger partial charge on any atom is 0.275 e. The average molecular weight is 484 g/mol. The zero-order chi connectivity index (χ0) is 25.4. The van der Waals surface area contributed by atoms with Crippen molar-refractivity contribution in [3.05, 3.63) is 83.3 Å². The van der Waals surface area contributed by atoms with Gasteiger partial charge in [0.1, 0.15) is 17.1 Å². The largest absolute Gasteiger partial charge is 0.507 e. The number of aromatic hydroxyl groups is 1. The summed E-state index contributed by atoms with van der Waals surface area (Å²) in [5, 5.41) is 13.3. The quantitative estimate of drug-likeness (QED) is 0.459. The number of aromatic nitrogens is 2. The smallest absolute Gasteiger partial charge is 0.275 e. The molecule has 1 aliphatic rings. The molecule has 0 saturated carbocycles. The first kappa shape index (κ1) is 23.6. The molecular weight excluding hydrogens is 454 g/mol. The molecule has 2 aromatic carbocycles. The Hall–Kier alpha value is -4.17. The summed E-state index contributed by atoms with van der Waals surface area (Å²) >= 11 is 0. The van der Waals surface area contributed by atoms with Crippen LogP contribution < -0.4 is 5.32 Å². The number of fused-ring (bicyclic) bond motifs is 1. The second kappa shape index (κ2) is 9.47. The van der Waals surface area contributed by atoms with Gasteiger partial charge in [-0.25, -0.2) is 4.98 Å². The van der Waals surface area contributed by atoms with Crippen molar-refractivity contribution in [3.8, 4) is 16.9 Å². The molecule has 2 N–H and O–H groups in total. The molecule has 5 rings (SSSR count). The maximum atomic E-state index is 13.0. The van der Waals surface area contributed by atoms with Gasteiger partial charge in [0.2, 0.25) is 0 Å². The van der Waals surface area contributed by atoms with Crippen molar-refractivity contribution in [1.29, 1.82) is 0 Å². The Morgan fingerprint density at radius 2 is 1.64 bits per heavy atom. The van der Waals surface area contributed by atoms with E-state index in [1.54, 1.807) is 36.5 Å². The molecular formula is C28H29N5O3. The number of phenolic OH excluding ortho intramolecular Hbond substituents is 1. The van der Waals surface area contributed by atoms with Crippen LogP contribution in [0.3, 0.4) is 0 Å². The molecule has 1 fully saturated rings. The number of carbonyl (C=O) groups excluding carboxylic acids is 2. The minimum absolute atomic E-state index is 0.00346. The van der Waals surface area contributed by atoms with Crippen molar-refractivity contribution in [2.75, 3.05) is 38.5 Å². The lowest BCUT2D eigenvalue weighted by molar-refractivity contribution is 0.0664. The maximum absolute atomic E-state index is 13.0. The van der Waals surface area contributed by atoms with E-state index in [9.17, 15) is 14.7 Å². The van der Waals surface area contributed by atoms with Crippen molar-refractivity contribution >= 4 is 23.1 Å². The van der Waals surface area contributed by atoms with Crippen molar-refractivity contribution < 1.29 is 14.7 Å². The van der Waals surface area contributed by atoms with Crippen molar-refractivity contribution in [2.45, 2.75) is 13.8 Å². The summed E-state index contributed by atoms with van der Waals surface area (Å²) in [6.07, 6.45) is 1.70. The number of rotatable bonds is 4. The van der Waals surface area contributed by atoms with Crippen LogP contribution in [0.2, 0.25) is 0 Å². The third kappa shape index (κ3) is 4.55. The number of hydrogen-bond donors (Lipinski definition) is 2. The Kier molecular flexibility index (Phi) is 6.20. The number of likely N-dealkylation sites (N-methyl/N-ethyl adjacent to an activating group) is 1. The fraction of sp³-hybridized carbons (Fsp3) is 0.250. The van der Waals surface area contributed by atoms with Crippen LogP contribution in [0.25, 0.3) is 16.8 Å². The van der Waals surface area contributed by atoms with Crippen LogP contribution in [0, 0.1) is 13.8 Å². The highest BCUT2D eigenvalue weighted by Gasteiger charge is 2.21. The normalized spacial score (nSPS) is 14.2. The van der Waals surface area contributed by atoms with E-state index in [1.807, 2.05) is 47.4 Å². The summed E-state index contributed by atoms with van der Waals surface area (Å²) < 4.78 is 1.85. The molecule has 2 aromatic heterocycles. The molecule has 4 aromatic rings. The topological polar surface area (TPSA) is 90.2 Å². The molecule has 1 aliphatic heterocycles. The van der Waals surface area contributed by atoms with Crippen molar-refractivity contribution in [3.63, 3.8) is 0 Å². The van der Waals surface area contributed by atoms with Crippen LogP contribution in [0.4, 0.5) is 5.69 Å². The number of carbonyl (C=O) groups is 2. The number of anilines is 1. The number of hydrogen-bond acceptors (Lipinski definition) is 5. The van der Waals surface area contributed by atoms with E-state index in [1.165, 1.54) is 0 Å². The molecule has 0 unspecified atom stereocenters. The van der Waals surface area contributed by atoms with E-state index in [0.717, 1.165) is 29.9 Å². The van der Waals surface area contributed by atoms with Crippen LogP contribution >= 0.6 is 0 Å². The predicted molar refractivity (Wildman–Crippen MR) is 140 cm³/mol. The molecule has 8 heteroatoms. The monoisotopic (exact) mass is 483 g/mol. The van der Waals surface area contributed by atoms with Gasteiger partial charge in [0.25, 0.3) is 11.8 Å². The Balaban J connectivity index is 1.37. The molecule has 0 spiro atoms. The van der Waals surface area contributed by atoms with Gasteiger partial charge in [0.15, 0.2) is 0 Å². The molecule has 2 amide bonds. The highest BCUT2D eigenvalue weighted by molar-refractivity contribution is 6.04. The summed E-state index contributed by atoms with van der Waals surface area (Å²) in [7, 11) is 2.05. The van der Waals surface area contributed by atoms with Gasteiger partial charge in [-0.15, -0.1) is 0 Å². The number of pyridine rings is 1. The lowest BCUT2D eigenvalue weighted by Gasteiger charge is -2.32. The molecule has 0 bridgehead atoms. The molecule has 8 nitrogen and oxygen atoms in total. The number of benzene rings is 2. The summed E-state index contributed by atoms with van der Waals surface area (Å²) in [6.45, 7) is 7.05. The Morgan fingerprint density at radius 3 is 2.36 bits per heavy atom. The number of piperazine rings is 1. The van der Waals surface area contributed by atoms with Crippen molar-refractivity contribution in [2.24, 2.45) is 0 Å². The predicted octanol–water partition coefficient (Wildman–Crippen LogP) is 3.96. The second-order valence-corrected chi connectivity index (χ2v) is 9.36. The van der Waals surface area contributed by atoms with Gasteiger partial charge in [0.05, 0.1) is 0 Å². The number of aryl methyl sites for hydroxylation is 2. The highest BCUT2D eigenvalue weighted by Crippen LogP contribution is 2.33. The standard InChI is InChI=1S/C28H29N5O3/c1-18-4-11-25(34)23(16-18)22-10-5-19(2)33-17-24(30-26(22)33)27(35)29-21-8-6-20(7-9-21)28(36)32-14-12-31(3)13-15-32/h4-11,16-17,34H,12-15H2,1-3H3,(H,29,35). The summed E-state index contributed by atoms with van der Waals surface area (Å²) in [5.41, 5.74) is 5.37. The Bertz CT molecular complexity index is 1450. The van der Waals surface area contributed by atoms with E-state index < -0.39 is 0 Å². The zero-order valence-electron chi connectivity index (χ0n) is 20.7. The van der Waals surface area contributed by atoms with E-state index in [2.05, 4.69) is 22.2 Å². The van der Waals surface area contributed by atoms with Gasteiger partial charge in [0, 0.05) is 60.4 Å². The number of amides is 2. The molecule has 0 aliphatic carbocycles. The first-order valence-corrected chi connectivity index (χ1v) is 12.0. The average Bonchev–Trinajstić information content (AvgIpc) is 3.33. The number of imidazole rings is 1. The van der Waals surface area contributed by atoms with Gasteiger partial charge in [-0.3, -0.25) is 9.59 Å². The lowest BCUT2D eigenvalue weighted by Crippen LogP contribution is -2.47. The summed E-state index contributed by atoms with van der Waals surface area (Å²) in [4.78, 5) is 34.5. The number of nitrogens with one attached hydrogen (secondary N) is 1. The molecule has 0 atom stereocenters. The van der Waals surface area contributed by atoms with Gasteiger partial charge in [-0.1, -0.05) is 11.6 Å². The van der Waals surface area contributed by atoms with Crippen LogP contribution in [0.5, 0.6) is 5.75 Å². The van der Waals surface area contributed by atoms with Crippen molar-refractivity contribution in [1.82, 2.24) is 19.2 Å². The molecule has 36 heavy (non-hydrogen) atoms. The zero-order valence-corrected chi connectivity index (χ0v) is 20.7. The van der Waals surface area contributed by atoms with Gasteiger partial charge in [-0.2, -0.15) is 0 Å². The van der Waals surface area contributed by atoms with E-state index >= 15 is 0 Å². The lowest BCUT2D eigenvalue weighted by atomic mass is 10.0. The van der Waals surface area contributed by atoms with E-state index in [0.29, 0.717) is 35.6 Å². The van der Waals surface area contributed by atoms with Crippen LogP contribution in [-0.2, 0) is 0 Å². The van der Waals surface area contributed by atoms with Gasteiger partial charge >= 0.3 is 0 Å².